The fourth-order valence-corrected chi connectivity index (χ4v) is 3.13. The maximum atomic E-state index is 5.55. The van der Waals surface area contributed by atoms with E-state index in [1.807, 2.05) is 0 Å². The Bertz CT molecular complexity index is 246. The van der Waals surface area contributed by atoms with Crippen LogP contribution in [0, 0.1) is 5.92 Å². The minimum Gasteiger partial charge on any atom is -0.380 e. The van der Waals surface area contributed by atoms with Gasteiger partial charge in [-0.25, -0.2) is 0 Å². The van der Waals surface area contributed by atoms with Crippen LogP contribution in [0.2, 0.25) is 0 Å². The molecule has 2 fully saturated rings. The average Bonchev–Trinajstić information content (AvgIpc) is 2.42. The number of nitrogens with one attached hydrogen (secondary N) is 1. The predicted octanol–water partition coefficient (Wildman–Crippen LogP) is 1.03. The SMILES string of the molecule is CC(C)C(CNC1CCCOC1)N1CCN(C)CC1. The first kappa shape index (κ1) is 15.2. The zero-order chi connectivity index (χ0) is 13.7. The number of hydrogen-bond acceptors (Lipinski definition) is 4. The summed E-state index contributed by atoms with van der Waals surface area (Å²) >= 11 is 0. The standard InChI is InChI=1S/C15H31N3O/c1-13(2)15(18-8-6-17(3)7-9-18)11-16-14-5-4-10-19-12-14/h13-16H,4-12H2,1-3H3. The molecule has 0 aliphatic carbocycles. The molecule has 2 rings (SSSR count). The second-order valence-corrected chi connectivity index (χ2v) is 6.47. The van der Waals surface area contributed by atoms with Crippen molar-refractivity contribution in [1.29, 1.82) is 0 Å². The molecule has 2 heterocycles. The first-order chi connectivity index (χ1) is 9.16. The average molecular weight is 269 g/mol. The first-order valence-corrected chi connectivity index (χ1v) is 7.90. The molecule has 1 N–H and O–H groups in total. The van der Waals surface area contributed by atoms with Gasteiger partial charge in [0.25, 0.3) is 0 Å². The van der Waals surface area contributed by atoms with Crippen molar-refractivity contribution in [3.8, 4) is 0 Å². The van der Waals surface area contributed by atoms with Crippen molar-refractivity contribution in [2.24, 2.45) is 5.92 Å². The summed E-state index contributed by atoms with van der Waals surface area (Å²) in [7, 11) is 2.22. The molecule has 0 radical (unpaired) electrons. The second kappa shape index (κ2) is 7.58. The summed E-state index contributed by atoms with van der Waals surface area (Å²) in [5.41, 5.74) is 0. The van der Waals surface area contributed by atoms with Crippen LogP contribution in [-0.2, 0) is 4.74 Å². The van der Waals surface area contributed by atoms with Crippen molar-refractivity contribution in [1.82, 2.24) is 15.1 Å². The van der Waals surface area contributed by atoms with Gasteiger partial charge in [-0.1, -0.05) is 13.8 Å². The van der Waals surface area contributed by atoms with Crippen LogP contribution in [-0.4, -0.2) is 74.9 Å². The monoisotopic (exact) mass is 269 g/mol. The summed E-state index contributed by atoms with van der Waals surface area (Å²) in [4.78, 5) is 5.09. The molecular weight excluding hydrogens is 238 g/mol. The van der Waals surface area contributed by atoms with E-state index in [0.717, 1.165) is 19.8 Å². The Morgan fingerprint density at radius 1 is 1.21 bits per heavy atom. The molecule has 2 atom stereocenters. The third-order valence-corrected chi connectivity index (χ3v) is 4.55. The largest absolute Gasteiger partial charge is 0.380 e. The number of ether oxygens (including phenoxy) is 1. The van der Waals surface area contributed by atoms with E-state index < -0.39 is 0 Å². The summed E-state index contributed by atoms with van der Waals surface area (Å²) < 4.78 is 5.55. The molecule has 0 aromatic carbocycles. The number of likely N-dealkylation sites (N-methyl/N-ethyl adjacent to an activating group) is 1. The van der Waals surface area contributed by atoms with E-state index >= 15 is 0 Å². The van der Waals surface area contributed by atoms with Gasteiger partial charge in [-0.15, -0.1) is 0 Å². The quantitative estimate of drug-likeness (QED) is 0.807. The molecule has 0 saturated carbocycles. The van der Waals surface area contributed by atoms with E-state index in [4.69, 9.17) is 4.74 Å². The molecule has 4 heteroatoms. The van der Waals surface area contributed by atoms with Gasteiger partial charge in [0, 0.05) is 51.4 Å². The number of nitrogens with zero attached hydrogens (tertiary/aromatic N) is 2. The Morgan fingerprint density at radius 3 is 2.53 bits per heavy atom. The van der Waals surface area contributed by atoms with Gasteiger partial charge in [0.05, 0.1) is 6.61 Å². The lowest BCUT2D eigenvalue weighted by Gasteiger charge is -2.40. The Hall–Kier alpha value is -0.160. The highest BCUT2D eigenvalue weighted by Crippen LogP contribution is 2.14. The molecule has 2 saturated heterocycles. The predicted molar refractivity (Wildman–Crippen MR) is 79.5 cm³/mol. The minimum atomic E-state index is 0.572. The molecule has 4 nitrogen and oxygen atoms in total. The molecule has 2 aliphatic rings. The number of rotatable bonds is 5. The summed E-state index contributed by atoms with van der Waals surface area (Å²) in [6.07, 6.45) is 2.48. The molecule has 2 unspecified atom stereocenters. The van der Waals surface area contributed by atoms with Crippen LogP contribution in [0.4, 0.5) is 0 Å². The number of piperazine rings is 1. The minimum absolute atomic E-state index is 0.572. The van der Waals surface area contributed by atoms with Gasteiger partial charge in [0.1, 0.15) is 0 Å². The van der Waals surface area contributed by atoms with Gasteiger partial charge < -0.3 is 15.0 Å². The third kappa shape index (κ3) is 4.71. The van der Waals surface area contributed by atoms with Crippen LogP contribution in [0.5, 0.6) is 0 Å². The van der Waals surface area contributed by atoms with Gasteiger partial charge in [-0.05, 0) is 25.8 Å². The molecule has 19 heavy (non-hydrogen) atoms. The lowest BCUT2D eigenvalue weighted by atomic mass is 10.0. The van der Waals surface area contributed by atoms with Crippen molar-refractivity contribution in [3.05, 3.63) is 0 Å². The van der Waals surface area contributed by atoms with Crippen molar-refractivity contribution < 1.29 is 4.74 Å². The van der Waals surface area contributed by atoms with Gasteiger partial charge in [0.2, 0.25) is 0 Å². The summed E-state index contributed by atoms with van der Waals surface area (Å²) in [5, 5.41) is 3.73. The summed E-state index contributed by atoms with van der Waals surface area (Å²) in [5.74, 6) is 0.709. The lowest BCUT2D eigenvalue weighted by Crippen LogP contribution is -2.55. The van der Waals surface area contributed by atoms with E-state index in [-0.39, 0.29) is 0 Å². The van der Waals surface area contributed by atoms with Gasteiger partial charge in [-0.2, -0.15) is 0 Å². The lowest BCUT2D eigenvalue weighted by molar-refractivity contribution is 0.0562. The number of hydrogen-bond donors (Lipinski definition) is 1. The molecular formula is C15H31N3O. The maximum Gasteiger partial charge on any atom is 0.0619 e. The van der Waals surface area contributed by atoms with Gasteiger partial charge in [0.15, 0.2) is 0 Å². The summed E-state index contributed by atoms with van der Waals surface area (Å²) in [6, 6.07) is 1.23. The highest BCUT2D eigenvalue weighted by Gasteiger charge is 2.25. The highest BCUT2D eigenvalue weighted by molar-refractivity contribution is 4.83. The summed E-state index contributed by atoms with van der Waals surface area (Å²) in [6.45, 7) is 12.5. The van der Waals surface area contributed by atoms with E-state index in [0.29, 0.717) is 18.0 Å². The van der Waals surface area contributed by atoms with Gasteiger partial charge in [-0.3, -0.25) is 4.90 Å². The first-order valence-electron chi connectivity index (χ1n) is 7.90. The Morgan fingerprint density at radius 2 is 1.95 bits per heavy atom. The maximum absolute atomic E-state index is 5.55. The Labute approximate surface area is 118 Å². The second-order valence-electron chi connectivity index (χ2n) is 6.47. The zero-order valence-corrected chi connectivity index (χ0v) is 12.9. The van der Waals surface area contributed by atoms with Crippen LogP contribution in [0.15, 0.2) is 0 Å². The molecule has 0 aromatic heterocycles. The van der Waals surface area contributed by atoms with E-state index in [2.05, 4.69) is 36.0 Å². The van der Waals surface area contributed by atoms with Crippen LogP contribution < -0.4 is 5.32 Å². The van der Waals surface area contributed by atoms with Crippen LogP contribution in [0.3, 0.4) is 0 Å². The van der Waals surface area contributed by atoms with Gasteiger partial charge >= 0.3 is 0 Å². The molecule has 0 spiro atoms. The van der Waals surface area contributed by atoms with E-state index in [9.17, 15) is 0 Å². The smallest absolute Gasteiger partial charge is 0.0619 e. The highest BCUT2D eigenvalue weighted by atomic mass is 16.5. The fourth-order valence-electron chi connectivity index (χ4n) is 3.13. The molecule has 0 bridgehead atoms. The molecule has 0 amide bonds. The molecule has 112 valence electrons. The van der Waals surface area contributed by atoms with Crippen molar-refractivity contribution in [2.75, 3.05) is 53.0 Å². The van der Waals surface area contributed by atoms with Crippen molar-refractivity contribution in [2.45, 2.75) is 38.8 Å². The van der Waals surface area contributed by atoms with E-state index in [1.54, 1.807) is 0 Å². The van der Waals surface area contributed by atoms with E-state index in [1.165, 1.54) is 39.0 Å². The molecule has 2 aliphatic heterocycles. The topological polar surface area (TPSA) is 27.7 Å². The Kier molecular flexibility index (Phi) is 6.07. The normalized spacial score (nSPS) is 28.7. The van der Waals surface area contributed by atoms with Crippen LogP contribution >= 0.6 is 0 Å². The zero-order valence-electron chi connectivity index (χ0n) is 12.9. The fraction of sp³-hybridized carbons (Fsp3) is 1.00. The van der Waals surface area contributed by atoms with Crippen LogP contribution in [0.25, 0.3) is 0 Å². The van der Waals surface area contributed by atoms with Crippen LogP contribution in [0.1, 0.15) is 26.7 Å². The third-order valence-electron chi connectivity index (χ3n) is 4.55. The van der Waals surface area contributed by atoms with Crippen molar-refractivity contribution >= 4 is 0 Å². The molecule has 0 aromatic rings. The Balaban J connectivity index is 1.78. The van der Waals surface area contributed by atoms with Crippen molar-refractivity contribution in [3.63, 3.8) is 0 Å².